The van der Waals surface area contributed by atoms with E-state index >= 15 is 0 Å². The Morgan fingerprint density at radius 2 is 1.70 bits per heavy atom. The average Bonchev–Trinajstić information content (AvgIpc) is 2.33. The molecule has 0 spiro atoms. The molecule has 0 radical (unpaired) electrons. The van der Waals surface area contributed by atoms with Crippen molar-refractivity contribution in [1.29, 1.82) is 0 Å². The number of allylic oxidation sites excluding steroid dienone is 2. The molecular formula is C17H32O2Si. The van der Waals surface area contributed by atoms with Gasteiger partial charge in [0.2, 0.25) is 0 Å². The fourth-order valence-corrected chi connectivity index (χ4v) is 3.20. The molecule has 0 fully saturated rings. The smallest absolute Gasteiger partial charge is 0.192 e. The molecule has 20 heavy (non-hydrogen) atoms. The normalized spacial score (nSPS) is 17.9. The van der Waals surface area contributed by atoms with Gasteiger partial charge in [0.25, 0.3) is 0 Å². The van der Waals surface area contributed by atoms with E-state index < -0.39 is 8.32 Å². The second-order valence-electron chi connectivity index (χ2n) is 7.22. The van der Waals surface area contributed by atoms with Crippen LogP contribution < -0.4 is 0 Å². The van der Waals surface area contributed by atoms with Gasteiger partial charge in [0.1, 0.15) is 6.29 Å². The minimum absolute atomic E-state index is 0.0517. The van der Waals surface area contributed by atoms with Gasteiger partial charge in [-0.25, -0.2) is 0 Å². The van der Waals surface area contributed by atoms with Crippen LogP contribution in [-0.2, 0) is 9.22 Å². The molecule has 0 rings (SSSR count). The number of carbonyl (C=O) groups is 1. The Hall–Kier alpha value is -0.673. The Morgan fingerprint density at radius 3 is 2.05 bits per heavy atom. The van der Waals surface area contributed by atoms with E-state index in [9.17, 15) is 4.79 Å². The molecule has 0 aromatic rings. The molecule has 0 aromatic carbocycles. The van der Waals surface area contributed by atoms with Crippen LogP contribution in [0, 0.1) is 5.92 Å². The highest BCUT2D eigenvalue weighted by molar-refractivity contribution is 6.74. The molecule has 2 atom stereocenters. The van der Waals surface area contributed by atoms with E-state index in [0.29, 0.717) is 0 Å². The molecule has 0 aliphatic rings. The van der Waals surface area contributed by atoms with Gasteiger partial charge in [-0.05, 0) is 50.0 Å². The SMILES string of the molecule is C/C=C(/C)[C@H](O[Si](C)(C)C(C)(C)C)[C@H](C)/C=C(\C)C=O. The van der Waals surface area contributed by atoms with Crippen molar-refractivity contribution < 1.29 is 9.22 Å². The maximum atomic E-state index is 10.8. The fraction of sp³-hybridized carbons (Fsp3) is 0.706. The first-order chi connectivity index (χ1) is 8.96. The molecule has 0 aromatic heterocycles. The lowest BCUT2D eigenvalue weighted by Crippen LogP contribution is -2.45. The number of rotatable bonds is 6. The van der Waals surface area contributed by atoms with E-state index in [2.05, 4.69) is 53.8 Å². The predicted octanol–water partition coefficient (Wildman–Crippen LogP) is 5.12. The Balaban J connectivity index is 5.36. The maximum absolute atomic E-state index is 10.8. The Labute approximate surface area is 126 Å². The third-order valence-electron chi connectivity index (χ3n) is 4.32. The van der Waals surface area contributed by atoms with Gasteiger partial charge in [-0.3, -0.25) is 4.79 Å². The monoisotopic (exact) mass is 296 g/mol. The van der Waals surface area contributed by atoms with E-state index in [-0.39, 0.29) is 17.1 Å². The first kappa shape index (κ1) is 19.3. The van der Waals surface area contributed by atoms with Crippen molar-refractivity contribution in [1.82, 2.24) is 0 Å². The number of carbonyl (C=O) groups excluding carboxylic acids is 1. The van der Waals surface area contributed by atoms with Crippen molar-refractivity contribution in [3.05, 3.63) is 23.3 Å². The summed E-state index contributed by atoms with van der Waals surface area (Å²) in [5.41, 5.74) is 2.00. The van der Waals surface area contributed by atoms with Crippen molar-refractivity contribution in [2.45, 2.75) is 72.7 Å². The van der Waals surface area contributed by atoms with Crippen LogP contribution in [0.15, 0.2) is 23.3 Å². The lowest BCUT2D eigenvalue weighted by atomic mass is 9.96. The largest absolute Gasteiger partial charge is 0.410 e. The number of hydrogen-bond acceptors (Lipinski definition) is 2. The van der Waals surface area contributed by atoms with Crippen molar-refractivity contribution >= 4 is 14.6 Å². The first-order valence-electron chi connectivity index (χ1n) is 7.40. The van der Waals surface area contributed by atoms with Crippen molar-refractivity contribution in [2.24, 2.45) is 5.92 Å². The zero-order valence-corrected chi connectivity index (χ0v) is 15.7. The Kier molecular flexibility index (Phi) is 7.12. The van der Waals surface area contributed by atoms with Crippen LogP contribution in [0.1, 0.15) is 48.5 Å². The summed E-state index contributed by atoms with van der Waals surface area (Å²) in [5.74, 6) is 0.200. The first-order valence-corrected chi connectivity index (χ1v) is 10.3. The molecule has 0 bridgehead atoms. The van der Waals surface area contributed by atoms with Crippen molar-refractivity contribution in [3.8, 4) is 0 Å². The molecule has 0 N–H and O–H groups in total. The lowest BCUT2D eigenvalue weighted by molar-refractivity contribution is -0.104. The van der Waals surface area contributed by atoms with Gasteiger partial charge < -0.3 is 4.43 Å². The van der Waals surface area contributed by atoms with Crippen LogP contribution in [0.5, 0.6) is 0 Å². The van der Waals surface area contributed by atoms with Crippen LogP contribution in [-0.4, -0.2) is 20.7 Å². The highest BCUT2D eigenvalue weighted by atomic mass is 28.4. The quantitative estimate of drug-likeness (QED) is 0.294. The molecule has 116 valence electrons. The molecule has 0 saturated carbocycles. The Morgan fingerprint density at radius 1 is 1.20 bits per heavy atom. The van der Waals surface area contributed by atoms with E-state index in [1.807, 2.05) is 19.9 Å². The minimum atomic E-state index is -1.83. The maximum Gasteiger partial charge on any atom is 0.192 e. The van der Waals surface area contributed by atoms with E-state index in [1.54, 1.807) is 0 Å². The molecule has 2 nitrogen and oxygen atoms in total. The summed E-state index contributed by atoms with van der Waals surface area (Å²) in [7, 11) is -1.83. The van der Waals surface area contributed by atoms with E-state index in [0.717, 1.165) is 11.9 Å². The summed E-state index contributed by atoms with van der Waals surface area (Å²) in [6.07, 6.45) is 5.08. The minimum Gasteiger partial charge on any atom is -0.410 e. The molecule has 0 aliphatic heterocycles. The molecule has 0 aliphatic carbocycles. The molecular weight excluding hydrogens is 264 g/mol. The summed E-state index contributed by atoms with van der Waals surface area (Å²) < 4.78 is 6.57. The van der Waals surface area contributed by atoms with Crippen LogP contribution in [0.2, 0.25) is 18.1 Å². The predicted molar refractivity (Wildman–Crippen MR) is 90.5 cm³/mol. The van der Waals surface area contributed by atoms with Gasteiger partial charge >= 0.3 is 0 Å². The molecule has 3 heteroatoms. The van der Waals surface area contributed by atoms with Gasteiger partial charge in [-0.1, -0.05) is 39.8 Å². The Bertz CT molecular complexity index is 386. The molecule has 0 unspecified atom stereocenters. The summed E-state index contributed by atoms with van der Waals surface area (Å²) in [4.78, 5) is 10.8. The number of hydrogen-bond donors (Lipinski definition) is 0. The van der Waals surface area contributed by atoms with E-state index in [4.69, 9.17) is 4.43 Å². The van der Waals surface area contributed by atoms with Gasteiger partial charge in [0.05, 0.1) is 6.10 Å². The topological polar surface area (TPSA) is 26.3 Å². The fourth-order valence-electron chi connectivity index (χ4n) is 1.81. The van der Waals surface area contributed by atoms with Crippen LogP contribution in [0.4, 0.5) is 0 Å². The summed E-state index contributed by atoms with van der Waals surface area (Å²) in [6.45, 7) is 19.4. The second-order valence-corrected chi connectivity index (χ2v) is 12.0. The van der Waals surface area contributed by atoms with Gasteiger partial charge in [-0.2, -0.15) is 0 Å². The zero-order valence-electron chi connectivity index (χ0n) is 14.7. The molecule has 0 amide bonds. The lowest BCUT2D eigenvalue weighted by Gasteiger charge is -2.41. The van der Waals surface area contributed by atoms with Crippen LogP contribution in [0.25, 0.3) is 0 Å². The van der Waals surface area contributed by atoms with Crippen molar-refractivity contribution in [3.63, 3.8) is 0 Å². The van der Waals surface area contributed by atoms with Gasteiger partial charge in [0, 0.05) is 5.92 Å². The highest BCUT2D eigenvalue weighted by Crippen LogP contribution is 2.39. The number of aldehydes is 1. The van der Waals surface area contributed by atoms with Gasteiger partial charge in [-0.15, -0.1) is 0 Å². The van der Waals surface area contributed by atoms with Crippen molar-refractivity contribution in [2.75, 3.05) is 0 Å². The summed E-state index contributed by atoms with van der Waals surface area (Å²) in [5, 5.41) is 0.183. The van der Waals surface area contributed by atoms with Crippen LogP contribution >= 0.6 is 0 Å². The molecule has 0 saturated heterocycles. The zero-order chi connectivity index (χ0) is 16.1. The molecule has 0 heterocycles. The third kappa shape index (κ3) is 5.37. The standard InChI is InChI=1S/C17H32O2Si/c1-10-14(3)16(15(4)11-13(2)12-18)19-20(8,9)17(5,6)7/h10-12,15-16H,1-9H3/b13-11+,14-10-/t15-,16+/m1/s1. The average molecular weight is 297 g/mol. The van der Waals surface area contributed by atoms with E-state index in [1.165, 1.54) is 5.57 Å². The second kappa shape index (κ2) is 7.37. The van der Waals surface area contributed by atoms with Gasteiger partial charge in [0.15, 0.2) is 8.32 Å². The van der Waals surface area contributed by atoms with Crippen LogP contribution in [0.3, 0.4) is 0 Å². The third-order valence-corrected chi connectivity index (χ3v) is 8.78. The summed E-state index contributed by atoms with van der Waals surface area (Å²) >= 11 is 0. The summed E-state index contributed by atoms with van der Waals surface area (Å²) in [6, 6.07) is 0. The highest BCUT2D eigenvalue weighted by Gasteiger charge is 2.40.